The normalized spacial score (nSPS) is 18.6. The number of aromatic nitrogens is 1. The van der Waals surface area contributed by atoms with Crippen LogP contribution in [0.5, 0.6) is 0 Å². The summed E-state index contributed by atoms with van der Waals surface area (Å²) in [4.78, 5) is 28.1. The summed E-state index contributed by atoms with van der Waals surface area (Å²) >= 11 is 0. The number of fused-ring (bicyclic) bond motifs is 1. The van der Waals surface area contributed by atoms with Crippen LogP contribution in [0.2, 0.25) is 0 Å². The molecule has 1 aliphatic rings. The van der Waals surface area contributed by atoms with E-state index in [0.29, 0.717) is 18.7 Å². The highest BCUT2D eigenvalue weighted by atomic mass is 16.4. The summed E-state index contributed by atoms with van der Waals surface area (Å²) in [5, 5.41) is 9.73. The number of benzene rings is 1. The van der Waals surface area contributed by atoms with Gasteiger partial charge in [0.25, 0.3) is 5.91 Å². The number of carboxylic acids is 1. The van der Waals surface area contributed by atoms with Gasteiger partial charge in [-0.2, -0.15) is 0 Å². The van der Waals surface area contributed by atoms with E-state index >= 15 is 0 Å². The Balaban J connectivity index is 1.78. The standard InChI is InChI=1S/C15H16N2O3/c18-14(19)7-10-5-6-17(9-10)15(20)12-8-16-13-4-2-1-3-11(12)13/h1-4,8,10,16H,5-7,9H2,(H,18,19). The summed E-state index contributed by atoms with van der Waals surface area (Å²) in [6, 6.07) is 7.68. The molecule has 1 aliphatic heterocycles. The number of carbonyl (C=O) groups is 2. The molecule has 1 aromatic heterocycles. The van der Waals surface area contributed by atoms with Gasteiger partial charge < -0.3 is 15.0 Å². The predicted octanol–water partition coefficient (Wildman–Crippen LogP) is 2.10. The zero-order valence-corrected chi connectivity index (χ0v) is 11.0. The summed E-state index contributed by atoms with van der Waals surface area (Å²) in [5.41, 5.74) is 1.61. The molecule has 0 radical (unpaired) electrons. The average molecular weight is 272 g/mol. The molecule has 1 atom stereocenters. The molecule has 2 aromatic rings. The van der Waals surface area contributed by atoms with Gasteiger partial charge in [0, 0.05) is 36.6 Å². The van der Waals surface area contributed by atoms with Gasteiger partial charge in [0.2, 0.25) is 0 Å². The molecule has 1 fully saturated rings. The fourth-order valence-corrected chi connectivity index (χ4v) is 2.85. The van der Waals surface area contributed by atoms with Crippen molar-refractivity contribution in [2.75, 3.05) is 13.1 Å². The Hall–Kier alpha value is -2.30. The van der Waals surface area contributed by atoms with Crippen molar-refractivity contribution in [3.8, 4) is 0 Å². The summed E-state index contributed by atoms with van der Waals surface area (Å²) in [7, 11) is 0. The number of para-hydroxylation sites is 1. The number of hydrogen-bond acceptors (Lipinski definition) is 2. The molecule has 2 N–H and O–H groups in total. The molecular weight excluding hydrogens is 256 g/mol. The molecule has 0 saturated carbocycles. The van der Waals surface area contributed by atoms with E-state index in [1.807, 2.05) is 24.3 Å². The Kier molecular flexibility index (Phi) is 3.18. The van der Waals surface area contributed by atoms with E-state index in [-0.39, 0.29) is 18.2 Å². The van der Waals surface area contributed by atoms with Crippen molar-refractivity contribution < 1.29 is 14.7 Å². The first-order valence-electron chi connectivity index (χ1n) is 6.72. The third kappa shape index (κ3) is 2.27. The summed E-state index contributed by atoms with van der Waals surface area (Å²) < 4.78 is 0. The molecule has 104 valence electrons. The first kappa shape index (κ1) is 12.7. The largest absolute Gasteiger partial charge is 0.481 e. The van der Waals surface area contributed by atoms with Crippen molar-refractivity contribution in [3.05, 3.63) is 36.0 Å². The van der Waals surface area contributed by atoms with Gasteiger partial charge in [0.1, 0.15) is 0 Å². The zero-order chi connectivity index (χ0) is 14.1. The van der Waals surface area contributed by atoms with Gasteiger partial charge in [0.05, 0.1) is 5.56 Å². The average Bonchev–Trinajstić information content (AvgIpc) is 3.03. The second-order valence-corrected chi connectivity index (χ2v) is 5.25. The Bertz CT molecular complexity index is 662. The maximum absolute atomic E-state index is 12.5. The van der Waals surface area contributed by atoms with Gasteiger partial charge in [0.15, 0.2) is 0 Å². The molecule has 0 aliphatic carbocycles. The summed E-state index contributed by atoms with van der Waals surface area (Å²) in [6.07, 6.45) is 2.63. The molecule has 0 spiro atoms. The number of H-pyrrole nitrogens is 1. The minimum absolute atomic E-state index is 0.0182. The second kappa shape index (κ2) is 5.00. The van der Waals surface area contributed by atoms with Crippen molar-refractivity contribution in [2.24, 2.45) is 5.92 Å². The first-order valence-corrected chi connectivity index (χ1v) is 6.72. The number of carboxylic acid groups (broad SMARTS) is 1. The Labute approximate surface area is 116 Å². The number of nitrogens with one attached hydrogen (secondary N) is 1. The molecular formula is C15H16N2O3. The van der Waals surface area contributed by atoms with Crippen molar-refractivity contribution in [1.82, 2.24) is 9.88 Å². The van der Waals surface area contributed by atoms with Gasteiger partial charge in [-0.15, -0.1) is 0 Å². The Morgan fingerprint density at radius 3 is 2.95 bits per heavy atom. The third-order valence-corrected chi connectivity index (χ3v) is 3.86. The molecule has 1 amide bonds. The number of aliphatic carboxylic acids is 1. The number of hydrogen-bond donors (Lipinski definition) is 2. The van der Waals surface area contributed by atoms with Gasteiger partial charge in [-0.05, 0) is 18.4 Å². The van der Waals surface area contributed by atoms with E-state index in [1.54, 1.807) is 11.1 Å². The third-order valence-electron chi connectivity index (χ3n) is 3.86. The highest BCUT2D eigenvalue weighted by Gasteiger charge is 2.29. The van der Waals surface area contributed by atoms with E-state index in [2.05, 4.69) is 4.98 Å². The van der Waals surface area contributed by atoms with Gasteiger partial charge in [-0.25, -0.2) is 0 Å². The number of likely N-dealkylation sites (tertiary alicyclic amines) is 1. The lowest BCUT2D eigenvalue weighted by Gasteiger charge is -2.15. The predicted molar refractivity (Wildman–Crippen MR) is 74.6 cm³/mol. The maximum Gasteiger partial charge on any atom is 0.303 e. The van der Waals surface area contributed by atoms with Crippen LogP contribution >= 0.6 is 0 Å². The molecule has 3 rings (SSSR count). The highest BCUT2D eigenvalue weighted by Crippen LogP contribution is 2.24. The van der Waals surface area contributed by atoms with Crippen molar-refractivity contribution in [3.63, 3.8) is 0 Å². The maximum atomic E-state index is 12.5. The molecule has 2 heterocycles. The van der Waals surface area contributed by atoms with Crippen LogP contribution in [0.3, 0.4) is 0 Å². The Morgan fingerprint density at radius 1 is 1.35 bits per heavy atom. The van der Waals surface area contributed by atoms with Crippen molar-refractivity contribution >= 4 is 22.8 Å². The minimum atomic E-state index is -0.795. The molecule has 1 saturated heterocycles. The molecule has 1 aromatic carbocycles. The van der Waals surface area contributed by atoms with E-state index in [9.17, 15) is 9.59 Å². The van der Waals surface area contributed by atoms with Crippen LogP contribution in [0.15, 0.2) is 30.5 Å². The molecule has 0 bridgehead atoms. The van der Waals surface area contributed by atoms with Crippen LogP contribution in [-0.4, -0.2) is 40.0 Å². The monoisotopic (exact) mass is 272 g/mol. The first-order chi connectivity index (χ1) is 9.65. The van der Waals surface area contributed by atoms with E-state index in [0.717, 1.165) is 17.3 Å². The topological polar surface area (TPSA) is 73.4 Å². The molecule has 1 unspecified atom stereocenters. The number of aromatic amines is 1. The van der Waals surface area contributed by atoms with Crippen LogP contribution in [0.25, 0.3) is 10.9 Å². The fraction of sp³-hybridized carbons (Fsp3) is 0.333. The quantitative estimate of drug-likeness (QED) is 0.898. The van der Waals surface area contributed by atoms with Gasteiger partial charge in [-0.3, -0.25) is 9.59 Å². The lowest BCUT2D eigenvalue weighted by Crippen LogP contribution is -2.28. The molecule has 20 heavy (non-hydrogen) atoms. The zero-order valence-electron chi connectivity index (χ0n) is 11.0. The Morgan fingerprint density at radius 2 is 2.15 bits per heavy atom. The number of rotatable bonds is 3. The van der Waals surface area contributed by atoms with E-state index in [4.69, 9.17) is 5.11 Å². The highest BCUT2D eigenvalue weighted by molar-refractivity contribution is 6.06. The number of carbonyl (C=O) groups excluding carboxylic acids is 1. The van der Waals surface area contributed by atoms with Crippen LogP contribution in [0, 0.1) is 5.92 Å². The fourth-order valence-electron chi connectivity index (χ4n) is 2.85. The van der Waals surface area contributed by atoms with E-state index in [1.165, 1.54) is 0 Å². The number of amides is 1. The summed E-state index contributed by atoms with van der Waals surface area (Å²) in [6.45, 7) is 1.17. The second-order valence-electron chi connectivity index (χ2n) is 5.25. The van der Waals surface area contributed by atoms with Crippen LogP contribution < -0.4 is 0 Å². The molecule has 5 nitrogen and oxygen atoms in total. The lowest BCUT2D eigenvalue weighted by atomic mass is 10.1. The van der Waals surface area contributed by atoms with Crippen molar-refractivity contribution in [1.29, 1.82) is 0 Å². The lowest BCUT2D eigenvalue weighted by molar-refractivity contribution is -0.138. The SMILES string of the molecule is O=C(O)CC1CCN(C(=O)c2c[nH]c3ccccc23)C1. The van der Waals surface area contributed by atoms with E-state index < -0.39 is 5.97 Å². The van der Waals surface area contributed by atoms with Crippen LogP contribution in [0.4, 0.5) is 0 Å². The van der Waals surface area contributed by atoms with Gasteiger partial charge in [-0.1, -0.05) is 18.2 Å². The van der Waals surface area contributed by atoms with Crippen LogP contribution in [0.1, 0.15) is 23.2 Å². The smallest absolute Gasteiger partial charge is 0.303 e. The minimum Gasteiger partial charge on any atom is -0.481 e. The molecule has 5 heteroatoms. The van der Waals surface area contributed by atoms with Crippen LogP contribution in [-0.2, 0) is 4.79 Å². The van der Waals surface area contributed by atoms with Crippen molar-refractivity contribution in [2.45, 2.75) is 12.8 Å². The number of nitrogens with zero attached hydrogens (tertiary/aromatic N) is 1. The van der Waals surface area contributed by atoms with Gasteiger partial charge >= 0.3 is 5.97 Å². The summed E-state index contributed by atoms with van der Waals surface area (Å²) in [5.74, 6) is -0.742.